The Morgan fingerprint density at radius 3 is 1.92 bits per heavy atom. The highest BCUT2D eigenvalue weighted by molar-refractivity contribution is 7.79. The van der Waals surface area contributed by atoms with Crippen LogP contribution in [0.2, 0.25) is 0 Å². The molecule has 1 atom stereocenters. The van der Waals surface area contributed by atoms with Gasteiger partial charge in [-0.3, -0.25) is 0 Å². The zero-order valence-electron chi connectivity index (χ0n) is 6.36. The minimum absolute atomic E-state index is 0.442. The Morgan fingerprint density at radius 1 is 1.31 bits per heavy atom. The second-order valence-corrected chi connectivity index (χ2v) is 2.77. The van der Waals surface area contributed by atoms with E-state index in [1.807, 2.05) is 0 Å². The second-order valence-electron chi connectivity index (χ2n) is 1.80. The molecule has 6 nitrogen and oxygen atoms in total. The summed E-state index contributed by atoms with van der Waals surface area (Å²) < 4.78 is 18.8. The van der Waals surface area contributed by atoms with E-state index in [1.54, 1.807) is 30.3 Å². The highest BCUT2D eigenvalue weighted by Gasteiger charge is 1.93. The van der Waals surface area contributed by atoms with Crippen LogP contribution >= 0.6 is 0 Å². The van der Waals surface area contributed by atoms with Crippen molar-refractivity contribution in [1.82, 2.24) is 0 Å². The molecule has 0 aliphatic rings. The van der Waals surface area contributed by atoms with E-state index >= 15 is 0 Å². The standard InChI is InChI=1S/C6H6O2S.HNO3/c7-9(8)6-4-2-1-3-5-6;2-1(3)4/h1-5H,(H,7,8);(H,2,3,4). The lowest BCUT2D eigenvalue weighted by molar-refractivity contribution is -0.742. The van der Waals surface area contributed by atoms with Gasteiger partial charge < -0.3 is 9.76 Å². The van der Waals surface area contributed by atoms with Crippen LogP contribution in [0.15, 0.2) is 35.2 Å². The third kappa shape index (κ3) is 6.91. The summed E-state index contributed by atoms with van der Waals surface area (Å²) in [5, 5.41) is 13.6. The fourth-order valence-corrected chi connectivity index (χ4v) is 0.927. The zero-order valence-corrected chi connectivity index (χ0v) is 7.18. The van der Waals surface area contributed by atoms with Crippen molar-refractivity contribution in [2.24, 2.45) is 0 Å². The third-order valence-corrected chi connectivity index (χ3v) is 1.62. The Kier molecular flexibility index (Phi) is 5.40. The molecule has 0 amide bonds. The minimum Gasteiger partial charge on any atom is -0.328 e. The van der Waals surface area contributed by atoms with Gasteiger partial charge in [0.1, 0.15) is 0 Å². The molecule has 0 bridgehead atoms. The maximum atomic E-state index is 10.3. The van der Waals surface area contributed by atoms with Crippen molar-refractivity contribution in [3.05, 3.63) is 40.4 Å². The molecule has 1 aromatic rings. The summed E-state index contributed by atoms with van der Waals surface area (Å²) in [4.78, 5) is 8.80. The maximum absolute atomic E-state index is 10.3. The van der Waals surface area contributed by atoms with Crippen LogP contribution in [-0.4, -0.2) is 19.1 Å². The molecule has 0 aliphatic carbocycles. The van der Waals surface area contributed by atoms with Gasteiger partial charge in [-0.25, -0.2) is 4.21 Å². The van der Waals surface area contributed by atoms with Gasteiger partial charge in [-0.1, -0.05) is 18.2 Å². The van der Waals surface area contributed by atoms with E-state index in [0.717, 1.165) is 0 Å². The summed E-state index contributed by atoms with van der Waals surface area (Å²) in [6, 6.07) is 8.47. The molecule has 0 saturated heterocycles. The molecule has 0 radical (unpaired) electrons. The Balaban J connectivity index is 0.000000310. The summed E-state index contributed by atoms with van der Waals surface area (Å²) in [5.41, 5.74) is 0. The van der Waals surface area contributed by atoms with Crippen LogP contribution in [0.3, 0.4) is 0 Å². The van der Waals surface area contributed by atoms with Gasteiger partial charge in [0.15, 0.2) is 11.1 Å². The SMILES string of the molecule is O=S(O)c1ccccc1.O=[N+]([O-])O. The van der Waals surface area contributed by atoms with Crippen LogP contribution in [0.1, 0.15) is 0 Å². The highest BCUT2D eigenvalue weighted by Crippen LogP contribution is 2.00. The lowest BCUT2D eigenvalue weighted by atomic mass is 10.4. The molecular weight excluding hydrogens is 198 g/mol. The topological polar surface area (TPSA) is 101 Å². The van der Waals surface area contributed by atoms with Crippen LogP contribution in [-0.2, 0) is 11.1 Å². The summed E-state index contributed by atoms with van der Waals surface area (Å²) in [6.45, 7) is 0. The summed E-state index contributed by atoms with van der Waals surface area (Å²) in [7, 11) is 0. The third-order valence-electron chi connectivity index (χ3n) is 0.945. The normalized spacial score (nSPS) is 10.8. The van der Waals surface area contributed by atoms with E-state index in [4.69, 9.17) is 19.9 Å². The monoisotopic (exact) mass is 205 g/mol. The second kappa shape index (κ2) is 6.09. The van der Waals surface area contributed by atoms with E-state index < -0.39 is 16.2 Å². The molecule has 2 N–H and O–H groups in total. The predicted octanol–water partition coefficient (Wildman–Crippen LogP) is 0.919. The fraction of sp³-hybridized carbons (Fsp3) is 0. The van der Waals surface area contributed by atoms with Gasteiger partial charge >= 0.3 is 0 Å². The Morgan fingerprint density at radius 2 is 1.69 bits per heavy atom. The van der Waals surface area contributed by atoms with Crippen molar-refractivity contribution in [1.29, 1.82) is 0 Å². The van der Waals surface area contributed by atoms with Crippen molar-refractivity contribution in [3.63, 3.8) is 0 Å². The summed E-state index contributed by atoms with van der Waals surface area (Å²) in [6.07, 6.45) is 0. The lowest BCUT2D eigenvalue weighted by Crippen LogP contribution is -1.84. The summed E-state index contributed by atoms with van der Waals surface area (Å²) in [5.74, 6) is 0. The maximum Gasteiger partial charge on any atom is 0.291 e. The first kappa shape index (κ1) is 11.5. The van der Waals surface area contributed by atoms with E-state index in [1.165, 1.54) is 0 Å². The van der Waals surface area contributed by atoms with Crippen molar-refractivity contribution in [2.45, 2.75) is 4.90 Å². The largest absolute Gasteiger partial charge is 0.328 e. The number of nitrogens with zero attached hydrogens (tertiary/aromatic N) is 1. The Bertz CT molecular complexity index is 284. The number of rotatable bonds is 1. The van der Waals surface area contributed by atoms with E-state index in [-0.39, 0.29) is 0 Å². The van der Waals surface area contributed by atoms with Crippen LogP contribution in [0, 0.1) is 10.1 Å². The molecule has 0 aliphatic heterocycles. The van der Waals surface area contributed by atoms with Crippen molar-refractivity contribution in [3.8, 4) is 0 Å². The van der Waals surface area contributed by atoms with E-state index in [0.29, 0.717) is 4.90 Å². The van der Waals surface area contributed by atoms with Crippen LogP contribution < -0.4 is 0 Å². The molecule has 0 heterocycles. The Hall–Kier alpha value is -1.47. The molecule has 0 aromatic heterocycles. The molecule has 13 heavy (non-hydrogen) atoms. The molecule has 1 unspecified atom stereocenters. The lowest BCUT2D eigenvalue weighted by Gasteiger charge is -1.89. The van der Waals surface area contributed by atoms with Gasteiger partial charge in [0.2, 0.25) is 0 Å². The molecule has 0 saturated carbocycles. The average Bonchev–Trinajstić information content (AvgIpc) is 2.05. The number of hydrogen-bond donors (Lipinski definition) is 2. The molecule has 72 valence electrons. The highest BCUT2D eigenvalue weighted by atomic mass is 32.2. The van der Waals surface area contributed by atoms with Gasteiger partial charge in [0, 0.05) is 0 Å². The smallest absolute Gasteiger partial charge is 0.291 e. The zero-order chi connectivity index (χ0) is 10.3. The van der Waals surface area contributed by atoms with Crippen molar-refractivity contribution < 1.29 is 19.1 Å². The van der Waals surface area contributed by atoms with E-state index in [2.05, 4.69) is 0 Å². The van der Waals surface area contributed by atoms with E-state index in [9.17, 15) is 4.21 Å². The summed E-state index contributed by atoms with van der Waals surface area (Å²) >= 11 is -1.83. The van der Waals surface area contributed by atoms with Gasteiger partial charge in [0.05, 0.1) is 4.90 Å². The number of benzene rings is 1. The van der Waals surface area contributed by atoms with Gasteiger partial charge in [-0.05, 0) is 12.1 Å². The molecular formula is C6H7NO5S. The van der Waals surface area contributed by atoms with Gasteiger partial charge in [-0.15, -0.1) is 10.1 Å². The average molecular weight is 205 g/mol. The molecule has 0 fully saturated rings. The van der Waals surface area contributed by atoms with Crippen LogP contribution in [0.5, 0.6) is 0 Å². The van der Waals surface area contributed by atoms with Gasteiger partial charge in [-0.2, -0.15) is 0 Å². The van der Waals surface area contributed by atoms with Crippen LogP contribution in [0.4, 0.5) is 0 Å². The fourth-order valence-electron chi connectivity index (χ4n) is 0.537. The quantitative estimate of drug-likeness (QED) is 0.403. The minimum atomic E-state index is -1.83. The first-order valence-electron chi connectivity index (χ1n) is 3.03. The molecule has 1 rings (SSSR count). The first-order valence-corrected chi connectivity index (χ1v) is 4.14. The number of hydrogen-bond acceptors (Lipinski definition) is 3. The molecule has 0 spiro atoms. The van der Waals surface area contributed by atoms with Crippen molar-refractivity contribution in [2.75, 3.05) is 0 Å². The molecule has 7 heteroatoms. The van der Waals surface area contributed by atoms with Crippen molar-refractivity contribution >= 4 is 11.1 Å². The van der Waals surface area contributed by atoms with Gasteiger partial charge in [0.25, 0.3) is 5.09 Å². The van der Waals surface area contributed by atoms with Crippen LogP contribution in [0.25, 0.3) is 0 Å². The Labute approximate surface area is 76.2 Å². The predicted molar refractivity (Wildman–Crippen MR) is 44.3 cm³/mol. The molecule has 1 aromatic carbocycles. The first-order chi connectivity index (χ1) is 6.04.